The Morgan fingerprint density at radius 1 is 1.07 bits per heavy atom. The predicted octanol–water partition coefficient (Wildman–Crippen LogP) is 2.60. The Morgan fingerprint density at radius 2 is 1.70 bits per heavy atom. The normalized spacial score (nSPS) is 13.1. The standard InChI is InChI=1S/C19H22N4O3S/c1-13(15-8-10-17(11-9-15)27(24,25)23(2)3)19-21-18(22-26-19)16-6-4-14(12-20)5-7-16/h4-11,13H,12,20H2,1-3H3. The molecule has 1 atom stereocenters. The van der Waals surface area contributed by atoms with Gasteiger partial charge in [-0.3, -0.25) is 0 Å². The van der Waals surface area contributed by atoms with Gasteiger partial charge in [0.15, 0.2) is 0 Å². The summed E-state index contributed by atoms with van der Waals surface area (Å²) in [7, 11) is -0.437. The summed E-state index contributed by atoms with van der Waals surface area (Å²) in [6, 6.07) is 14.4. The second kappa shape index (κ2) is 7.59. The molecule has 0 aliphatic rings. The third kappa shape index (κ3) is 3.92. The molecule has 2 N–H and O–H groups in total. The van der Waals surface area contributed by atoms with Gasteiger partial charge in [0.2, 0.25) is 21.7 Å². The van der Waals surface area contributed by atoms with Crippen molar-refractivity contribution in [3.63, 3.8) is 0 Å². The Kier molecular flexibility index (Phi) is 5.41. The summed E-state index contributed by atoms with van der Waals surface area (Å²) >= 11 is 0. The fourth-order valence-corrected chi connectivity index (χ4v) is 3.50. The molecule has 0 saturated carbocycles. The molecule has 0 saturated heterocycles. The van der Waals surface area contributed by atoms with Gasteiger partial charge in [-0.25, -0.2) is 12.7 Å². The van der Waals surface area contributed by atoms with E-state index in [-0.39, 0.29) is 10.8 Å². The molecule has 0 aliphatic carbocycles. The second-order valence-corrected chi connectivity index (χ2v) is 8.59. The van der Waals surface area contributed by atoms with Crippen LogP contribution in [-0.2, 0) is 16.6 Å². The van der Waals surface area contributed by atoms with Crippen molar-refractivity contribution in [1.29, 1.82) is 0 Å². The van der Waals surface area contributed by atoms with Crippen LogP contribution in [0.1, 0.15) is 29.9 Å². The highest BCUT2D eigenvalue weighted by Gasteiger charge is 2.20. The van der Waals surface area contributed by atoms with Crippen molar-refractivity contribution in [3.05, 3.63) is 65.5 Å². The van der Waals surface area contributed by atoms with Gasteiger partial charge in [-0.2, -0.15) is 4.98 Å². The topological polar surface area (TPSA) is 102 Å². The highest BCUT2D eigenvalue weighted by molar-refractivity contribution is 7.89. The predicted molar refractivity (Wildman–Crippen MR) is 102 cm³/mol. The van der Waals surface area contributed by atoms with Crippen molar-refractivity contribution in [3.8, 4) is 11.4 Å². The lowest BCUT2D eigenvalue weighted by Crippen LogP contribution is -2.22. The molecule has 142 valence electrons. The minimum Gasteiger partial charge on any atom is -0.338 e. The van der Waals surface area contributed by atoms with Crippen LogP contribution < -0.4 is 5.73 Å². The van der Waals surface area contributed by atoms with Crippen LogP contribution in [0.25, 0.3) is 11.4 Å². The zero-order valence-corrected chi connectivity index (χ0v) is 16.3. The molecule has 0 bridgehead atoms. The molecule has 7 nitrogen and oxygen atoms in total. The van der Waals surface area contributed by atoms with Gasteiger partial charge in [-0.15, -0.1) is 0 Å². The largest absolute Gasteiger partial charge is 0.338 e. The first kappa shape index (κ1) is 19.2. The van der Waals surface area contributed by atoms with Crippen LogP contribution in [0.5, 0.6) is 0 Å². The highest BCUT2D eigenvalue weighted by atomic mass is 32.2. The van der Waals surface area contributed by atoms with Crippen molar-refractivity contribution >= 4 is 10.0 Å². The maximum absolute atomic E-state index is 12.2. The molecule has 3 aromatic rings. The minimum absolute atomic E-state index is 0.161. The van der Waals surface area contributed by atoms with E-state index in [4.69, 9.17) is 10.3 Å². The molecule has 0 spiro atoms. The molecule has 0 radical (unpaired) electrons. The summed E-state index contributed by atoms with van der Waals surface area (Å²) in [5.41, 5.74) is 8.38. The first-order chi connectivity index (χ1) is 12.8. The molecular weight excluding hydrogens is 364 g/mol. The van der Waals surface area contributed by atoms with E-state index >= 15 is 0 Å². The number of aromatic nitrogens is 2. The van der Waals surface area contributed by atoms with E-state index in [0.29, 0.717) is 18.3 Å². The molecule has 3 rings (SSSR count). The van der Waals surface area contributed by atoms with Crippen LogP contribution in [0.4, 0.5) is 0 Å². The van der Waals surface area contributed by atoms with Gasteiger partial charge in [0.1, 0.15) is 0 Å². The Morgan fingerprint density at radius 3 is 2.26 bits per heavy atom. The Hall–Kier alpha value is -2.55. The van der Waals surface area contributed by atoms with E-state index in [9.17, 15) is 8.42 Å². The van der Waals surface area contributed by atoms with E-state index in [1.54, 1.807) is 24.3 Å². The first-order valence-electron chi connectivity index (χ1n) is 8.48. The maximum Gasteiger partial charge on any atom is 0.242 e. The van der Waals surface area contributed by atoms with E-state index in [1.807, 2.05) is 31.2 Å². The summed E-state index contributed by atoms with van der Waals surface area (Å²) in [6.45, 7) is 2.42. The van der Waals surface area contributed by atoms with Gasteiger partial charge in [-0.05, 0) is 30.2 Å². The first-order valence-corrected chi connectivity index (χ1v) is 9.92. The van der Waals surface area contributed by atoms with Gasteiger partial charge >= 0.3 is 0 Å². The summed E-state index contributed by atoms with van der Waals surface area (Å²) < 4.78 is 30.9. The average Bonchev–Trinajstić information content (AvgIpc) is 3.17. The molecule has 1 heterocycles. The summed E-state index contributed by atoms with van der Waals surface area (Å²) in [5, 5.41) is 4.05. The van der Waals surface area contributed by atoms with Crippen molar-refractivity contribution in [2.24, 2.45) is 5.73 Å². The maximum atomic E-state index is 12.2. The summed E-state index contributed by atoms with van der Waals surface area (Å²) in [6.07, 6.45) is 0. The molecule has 0 amide bonds. The third-order valence-corrected chi connectivity index (χ3v) is 6.25. The van der Waals surface area contributed by atoms with E-state index < -0.39 is 10.0 Å². The van der Waals surface area contributed by atoms with Crippen LogP contribution >= 0.6 is 0 Å². The van der Waals surface area contributed by atoms with Crippen LogP contribution in [0.15, 0.2) is 57.9 Å². The number of nitrogens with two attached hydrogens (primary N) is 1. The van der Waals surface area contributed by atoms with Gasteiger partial charge in [0.25, 0.3) is 0 Å². The lowest BCUT2D eigenvalue weighted by atomic mass is 10.0. The number of hydrogen-bond donors (Lipinski definition) is 1. The average molecular weight is 386 g/mol. The van der Waals surface area contributed by atoms with Crippen molar-refractivity contribution in [1.82, 2.24) is 14.4 Å². The van der Waals surface area contributed by atoms with Crippen molar-refractivity contribution in [2.45, 2.75) is 24.3 Å². The number of hydrogen-bond acceptors (Lipinski definition) is 6. The SMILES string of the molecule is CC(c1ccc(S(=O)(=O)N(C)C)cc1)c1nc(-c2ccc(CN)cc2)no1. The smallest absolute Gasteiger partial charge is 0.242 e. The number of rotatable bonds is 6. The zero-order chi connectivity index (χ0) is 19.6. The lowest BCUT2D eigenvalue weighted by molar-refractivity contribution is 0.371. The quantitative estimate of drug-likeness (QED) is 0.698. The van der Waals surface area contributed by atoms with Gasteiger partial charge in [0, 0.05) is 26.2 Å². The number of benzene rings is 2. The van der Waals surface area contributed by atoms with E-state index in [0.717, 1.165) is 16.7 Å². The van der Waals surface area contributed by atoms with Crippen molar-refractivity contribution < 1.29 is 12.9 Å². The fourth-order valence-electron chi connectivity index (χ4n) is 2.60. The van der Waals surface area contributed by atoms with Crippen LogP contribution in [0.2, 0.25) is 0 Å². The zero-order valence-electron chi connectivity index (χ0n) is 15.5. The fraction of sp³-hybridized carbons (Fsp3) is 0.263. The summed E-state index contributed by atoms with van der Waals surface area (Å²) in [4.78, 5) is 4.72. The number of sulfonamides is 1. The van der Waals surface area contributed by atoms with Gasteiger partial charge in [-0.1, -0.05) is 41.6 Å². The summed E-state index contributed by atoms with van der Waals surface area (Å²) in [5.74, 6) is 0.814. The molecule has 0 aliphatic heterocycles. The van der Waals surface area contributed by atoms with E-state index in [2.05, 4.69) is 10.1 Å². The van der Waals surface area contributed by atoms with Crippen molar-refractivity contribution in [2.75, 3.05) is 14.1 Å². The van der Waals surface area contributed by atoms with E-state index in [1.165, 1.54) is 18.4 Å². The van der Waals surface area contributed by atoms with Crippen LogP contribution in [0.3, 0.4) is 0 Å². The monoisotopic (exact) mass is 386 g/mol. The van der Waals surface area contributed by atoms with Gasteiger partial charge in [0.05, 0.1) is 10.8 Å². The lowest BCUT2D eigenvalue weighted by Gasteiger charge is -2.12. The molecule has 0 fully saturated rings. The highest BCUT2D eigenvalue weighted by Crippen LogP contribution is 2.26. The Labute approximate surface area is 158 Å². The molecule has 27 heavy (non-hydrogen) atoms. The minimum atomic E-state index is -3.45. The molecule has 1 aromatic heterocycles. The molecular formula is C19H22N4O3S. The Balaban J connectivity index is 1.82. The molecule has 1 unspecified atom stereocenters. The second-order valence-electron chi connectivity index (χ2n) is 6.44. The van der Waals surface area contributed by atoms with Crippen LogP contribution in [0, 0.1) is 0 Å². The molecule has 8 heteroatoms. The molecule has 2 aromatic carbocycles. The van der Waals surface area contributed by atoms with Gasteiger partial charge < -0.3 is 10.3 Å². The number of nitrogens with zero attached hydrogens (tertiary/aromatic N) is 3. The Bertz CT molecular complexity index is 1010. The third-order valence-electron chi connectivity index (χ3n) is 4.42. The van der Waals surface area contributed by atoms with Crippen LogP contribution in [-0.4, -0.2) is 37.0 Å².